The number of nitrogens with zero attached hydrogens (tertiary/aromatic N) is 5. The van der Waals surface area contributed by atoms with Gasteiger partial charge in [0.15, 0.2) is 5.82 Å². The maximum atomic E-state index is 4.51. The number of rotatable bonds is 2. The summed E-state index contributed by atoms with van der Waals surface area (Å²) in [5.41, 5.74) is 0. The fourth-order valence-corrected chi connectivity index (χ4v) is 2.80. The van der Waals surface area contributed by atoms with E-state index in [1.54, 1.807) is 11.3 Å². The average Bonchev–Trinajstić information content (AvgIpc) is 2.83. The zero-order valence-corrected chi connectivity index (χ0v) is 10.00. The number of nitrogens with one attached hydrogen (secondary N) is 1. The van der Waals surface area contributed by atoms with Crippen LogP contribution < -0.4 is 5.32 Å². The smallest absolute Gasteiger partial charge is 0.234 e. The Balaban J connectivity index is 1.78. The Labute approximate surface area is 97.3 Å². The Morgan fingerprint density at radius 1 is 1.31 bits per heavy atom. The van der Waals surface area contributed by atoms with Crippen molar-refractivity contribution in [3.8, 4) is 0 Å². The Morgan fingerprint density at radius 2 is 2.12 bits per heavy atom. The molecule has 1 aliphatic heterocycles. The third kappa shape index (κ3) is 1.81. The highest BCUT2D eigenvalue weighted by molar-refractivity contribution is 7.16. The molecule has 2 aromatic rings. The zero-order chi connectivity index (χ0) is 11.0. The Morgan fingerprint density at radius 3 is 2.88 bits per heavy atom. The van der Waals surface area contributed by atoms with Gasteiger partial charge in [0.25, 0.3) is 0 Å². The van der Waals surface area contributed by atoms with Gasteiger partial charge in [-0.1, -0.05) is 11.3 Å². The first-order valence-electron chi connectivity index (χ1n) is 5.44. The van der Waals surface area contributed by atoms with Gasteiger partial charge in [0.05, 0.1) is 6.54 Å². The summed E-state index contributed by atoms with van der Waals surface area (Å²) in [7, 11) is 0. The third-order valence-electron chi connectivity index (χ3n) is 2.76. The van der Waals surface area contributed by atoms with E-state index >= 15 is 0 Å². The van der Waals surface area contributed by atoms with Crippen LogP contribution in [0.1, 0.15) is 10.8 Å². The number of aromatic nitrogens is 4. The molecule has 2 aromatic heterocycles. The summed E-state index contributed by atoms with van der Waals surface area (Å²) in [6, 6.07) is 0. The highest BCUT2D eigenvalue weighted by Crippen LogP contribution is 2.15. The van der Waals surface area contributed by atoms with Crippen LogP contribution >= 0.6 is 11.3 Å². The highest BCUT2D eigenvalue weighted by atomic mass is 32.1. The minimum absolute atomic E-state index is 0.859. The van der Waals surface area contributed by atoms with Gasteiger partial charge in [-0.2, -0.15) is 9.61 Å². The summed E-state index contributed by atoms with van der Waals surface area (Å²) in [5.74, 6) is 0.859. The minimum atomic E-state index is 0.859. The zero-order valence-electron chi connectivity index (χ0n) is 9.18. The van der Waals surface area contributed by atoms with E-state index in [9.17, 15) is 0 Å². The second-order valence-corrected chi connectivity index (χ2v) is 5.00. The number of hydrogen-bond acceptors (Lipinski definition) is 6. The molecule has 0 unspecified atom stereocenters. The van der Waals surface area contributed by atoms with Gasteiger partial charge < -0.3 is 5.32 Å². The largest absolute Gasteiger partial charge is 0.314 e. The number of aryl methyl sites for hydroxylation is 1. The third-order valence-corrected chi connectivity index (χ3v) is 3.64. The predicted octanol–water partition coefficient (Wildman–Crippen LogP) is -0.101. The van der Waals surface area contributed by atoms with Gasteiger partial charge in [-0.3, -0.25) is 4.90 Å². The molecule has 1 saturated heterocycles. The molecule has 0 aromatic carbocycles. The van der Waals surface area contributed by atoms with Crippen molar-refractivity contribution in [1.82, 2.24) is 30.0 Å². The second-order valence-electron chi connectivity index (χ2n) is 3.96. The summed E-state index contributed by atoms with van der Waals surface area (Å²) in [6.45, 7) is 7.19. The van der Waals surface area contributed by atoms with Crippen LogP contribution in [0.25, 0.3) is 4.96 Å². The van der Waals surface area contributed by atoms with Gasteiger partial charge in [0.1, 0.15) is 5.01 Å². The summed E-state index contributed by atoms with van der Waals surface area (Å²) in [4.78, 5) is 3.31. The first-order valence-corrected chi connectivity index (χ1v) is 6.25. The molecule has 86 valence electrons. The van der Waals surface area contributed by atoms with E-state index < -0.39 is 0 Å². The SMILES string of the molecule is Cc1nnc2sc(CN3CCNCC3)nn12. The molecule has 0 atom stereocenters. The van der Waals surface area contributed by atoms with E-state index in [4.69, 9.17) is 0 Å². The quantitative estimate of drug-likeness (QED) is 0.791. The van der Waals surface area contributed by atoms with Crippen LogP contribution in [0.5, 0.6) is 0 Å². The predicted molar refractivity (Wildman–Crippen MR) is 61.5 cm³/mol. The van der Waals surface area contributed by atoms with Crippen molar-refractivity contribution < 1.29 is 0 Å². The molecule has 0 radical (unpaired) electrons. The molecule has 1 aliphatic rings. The fourth-order valence-electron chi connectivity index (χ4n) is 1.88. The number of piperazine rings is 1. The standard InChI is InChI=1S/C9H14N6S/c1-7-11-12-9-15(7)13-8(16-9)6-14-4-2-10-3-5-14/h10H,2-6H2,1H3. The first kappa shape index (κ1) is 10.1. The van der Waals surface area contributed by atoms with E-state index in [0.29, 0.717) is 0 Å². The van der Waals surface area contributed by atoms with Crippen LogP contribution in [0.3, 0.4) is 0 Å². The van der Waals surface area contributed by atoms with Crippen LogP contribution in [-0.2, 0) is 6.54 Å². The van der Waals surface area contributed by atoms with Crippen LogP contribution in [0.4, 0.5) is 0 Å². The molecule has 0 spiro atoms. The van der Waals surface area contributed by atoms with Gasteiger partial charge in [-0.05, 0) is 6.92 Å². The Bertz CT molecular complexity index is 483. The molecule has 3 heterocycles. The van der Waals surface area contributed by atoms with Crippen LogP contribution in [0.2, 0.25) is 0 Å². The van der Waals surface area contributed by atoms with E-state index in [1.807, 2.05) is 11.4 Å². The van der Waals surface area contributed by atoms with Gasteiger partial charge in [0.2, 0.25) is 4.96 Å². The van der Waals surface area contributed by atoms with Crippen molar-refractivity contribution in [2.24, 2.45) is 0 Å². The molecule has 0 amide bonds. The number of fused-ring (bicyclic) bond motifs is 1. The van der Waals surface area contributed by atoms with Gasteiger partial charge in [-0.15, -0.1) is 10.2 Å². The van der Waals surface area contributed by atoms with E-state index in [2.05, 4.69) is 25.5 Å². The number of hydrogen-bond donors (Lipinski definition) is 1. The normalized spacial score (nSPS) is 18.3. The maximum absolute atomic E-state index is 4.51. The van der Waals surface area contributed by atoms with Crippen LogP contribution in [-0.4, -0.2) is 50.9 Å². The lowest BCUT2D eigenvalue weighted by atomic mass is 10.4. The molecular formula is C9H14N6S. The molecule has 0 saturated carbocycles. The molecule has 7 heteroatoms. The molecule has 1 fully saturated rings. The van der Waals surface area contributed by atoms with Crippen molar-refractivity contribution in [2.45, 2.75) is 13.5 Å². The van der Waals surface area contributed by atoms with Gasteiger partial charge in [0, 0.05) is 26.2 Å². The summed E-state index contributed by atoms with van der Waals surface area (Å²) in [5, 5.41) is 17.0. The molecule has 3 rings (SSSR count). The van der Waals surface area contributed by atoms with Crippen molar-refractivity contribution in [3.63, 3.8) is 0 Å². The topological polar surface area (TPSA) is 58.4 Å². The van der Waals surface area contributed by atoms with Crippen LogP contribution in [0, 0.1) is 6.92 Å². The summed E-state index contributed by atoms with van der Waals surface area (Å²) >= 11 is 1.63. The van der Waals surface area contributed by atoms with E-state index in [-0.39, 0.29) is 0 Å². The molecule has 1 N–H and O–H groups in total. The van der Waals surface area contributed by atoms with Crippen molar-refractivity contribution >= 4 is 16.3 Å². The monoisotopic (exact) mass is 238 g/mol. The first-order chi connectivity index (χ1) is 7.83. The molecule has 6 nitrogen and oxygen atoms in total. The fraction of sp³-hybridized carbons (Fsp3) is 0.667. The molecule has 0 aliphatic carbocycles. The Kier molecular flexibility index (Phi) is 2.58. The summed E-state index contributed by atoms with van der Waals surface area (Å²) < 4.78 is 1.82. The van der Waals surface area contributed by atoms with Crippen molar-refractivity contribution in [2.75, 3.05) is 26.2 Å². The lowest BCUT2D eigenvalue weighted by Crippen LogP contribution is -2.42. The average molecular weight is 238 g/mol. The van der Waals surface area contributed by atoms with E-state index in [1.165, 1.54) is 0 Å². The molecule has 0 bridgehead atoms. The second kappa shape index (κ2) is 4.08. The summed E-state index contributed by atoms with van der Waals surface area (Å²) in [6.07, 6.45) is 0. The Hall–Kier alpha value is -1.05. The lowest BCUT2D eigenvalue weighted by molar-refractivity contribution is 0.232. The van der Waals surface area contributed by atoms with E-state index in [0.717, 1.165) is 48.5 Å². The lowest BCUT2D eigenvalue weighted by Gasteiger charge is -2.25. The van der Waals surface area contributed by atoms with Gasteiger partial charge >= 0.3 is 0 Å². The minimum Gasteiger partial charge on any atom is -0.314 e. The maximum Gasteiger partial charge on any atom is 0.234 e. The van der Waals surface area contributed by atoms with Crippen LogP contribution in [0.15, 0.2) is 0 Å². The van der Waals surface area contributed by atoms with Crippen molar-refractivity contribution in [3.05, 3.63) is 10.8 Å². The van der Waals surface area contributed by atoms with Gasteiger partial charge in [-0.25, -0.2) is 0 Å². The molecular weight excluding hydrogens is 224 g/mol. The molecule has 16 heavy (non-hydrogen) atoms. The highest BCUT2D eigenvalue weighted by Gasteiger charge is 2.14. The van der Waals surface area contributed by atoms with Crippen molar-refractivity contribution in [1.29, 1.82) is 0 Å².